The van der Waals surface area contributed by atoms with Crippen molar-refractivity contribution in [1.29, 1.82) is 5.26 Å². The Labute approximate surface area is 373 Å². The van der Waals surface area contributed by atoms with E-state index in [4.69, 9.17) is 52.9 Å². The van der Waals surface area contributed by atoms with Gasteiger partial charge < -0.3 is 29.9 Å². The fourth-order valence-corrected chi connectivity index (χ4v) is 10.5. The van der Waals surface area contributed by atoms with Crippen molar-refractivity contribution < 1.29 is 29.0 Å². The molecule has 4 saturated heterocycles. The number of fused-ring (bicyclic) bond motifs is 7. The molecule has 6 fully saturated rings. The van der Waals surface area contributed by atoms with Crippen LogP contribution in [0.4, 0.5) is 11.4 Å². The van der Waals surface area contributed by atoms with Gasteiger partial charge in [0.1, 0.15) is 22.7 Å². The highest BCUT2D eigenvalue weighted by Crippen LogP contribution is 2.56. The fraction of sp³-hybridized carbons (Fsp3) is 0.396. The number of hydrogen-bond donors (Lipinski definition) is 3. The summed E-state index contributed by atoms with van der Waals surface area (Å²) in [5.74, 6) is 2.90. The molecule has 7 unspecified atom stereocenters. The summed E-state index contributed by atoms with van der Waals surface area (Å²) in [6.45, 7) is 16.2. The maximum atomic E-state index is 9.27. The summed E-state index contributed by atoms with van der Waals surface area (Å²) in [5, 5.41) is 18.1. The number of nitrogens with one attached hydrogen (secondary N) is 1. The van der Waals surface area contributed by atoms with E-state index in [1.165, 1.54) is 25.0 Å². The number of hydroxylamine groups is 3. The monoisotopic (exact) mass is 868 g/mol. The van der Waals surface area contributed by atoms with Crippen molar-refractivity contribution in [2.45, 2.75) is 80.5 Å². The number of benzene rings is 4. The molecule has 324 valence electrons. The molecule has 13 rings (SSSR count). The topological polar surface area (TPSA) is 165 Å². The molecule has 0 aromatic heterocycles. The van der Waals surface area contributed by atoms with E-state index in [9.17, 15) is 5.26 Å². The molecule has 14 nitrogen and oxygen atoms in total. The van der Waals surface area contributed by atoms with Crippen LogP contribution in [-0.2, 0) is 20.0 Å². The molecule has 0 amide bonds. The number of rotatable bonds is 2. The molecule has 4 N–H and O–H groups in total. The molecule has 0 radical (unpaired) electrons. The summed E-state index contributed by atoms with van der Waals surface area (Å²) in [7, 11) is 3.21. The third kappa shape index (κ3) is 8.09. The van der Waals surface area contributed by atoms with E-state index in [0.717, 1.165) is 89.5 Å². The number of halogens is 1. The van der Waals surface area contributed by atoms with Gasteiger partial charge in [0.05, 0.1) is 49.8 Å². The summed E-state index contributed by atoms with van der Waals surface area (Å²) < 4.78 is 25.4. The van der Waals surface area contributed by atoms with Gasteiger partial charge >= 0.3 is 0 Å². The van der Waals surface area contributed by atoms with Crippen LogP contribution >= 0.6 is 12.4 Å². The van der Waals surface area contributed by atoms with E-state index in [2.05, 4.69) is 20.7 Å². The van der Waals surface area contributed by atoms with Crippen LogP contribution in [0.2, 0.25) is 0 Å². The summed E-state index contributed by atoms with van der Waals surface area (Å²) >= 11 is 0. The van der Waals surface area contributed by atoms with Crippen LogP contribution in [0.1, 0.15) is 62.5 Å². The van der Waals surface area contributed by atoms with Gasteiger partial charge in [-0.3, -0.25) is 0 Å². The minimum absolute atomic E-state index is 0. The van der Waals surface area contributed by atoms with Crippen molar-refractivity contribution in [3.05, 3.63) is 119 Å². The second kappa shape index (κ2) is 17.6. The Bertz CT molecular complexity index is 2570. The molecule has 2 aliphatic carbocycles. The third-order valence-electron chi connectivity index (χ3n) is 13.2. The Kier molecular flexibility index (Phi) is 12.2. The lowest BCUT2D eigenvalue weighted by molar-refractivity contribution is -0.249. The average molecular weight is 869 g/mol. The largest absolute Gasteiger partial charge is 0.484 e. The number of guanidine groups is 1. The maximum Gasteiger partial charge on any atom is 0.222 e. The van der Waals surface area contributed by atoms with Gasteiger partial charge in [0, 0.05) is 32.5 Å². The molecule has 63 heavy (non-hydrogen) atoms. The first kappa shape index (κ1) is 43.6. The van der Waals surface area contributed by atoms with Crippen LogP contribution < -0.4 is 20.7 Å². The Balaban J connectivity index is 0.000000161. The van der Waals surface area contributed by atoms with Gasteiger partial charge in [-0.2, -0.15) is 10.3 Å². The van der Waals surface area contributed by atoms with E-state index in [-0.39, 0.29) is 24.6 Å². The molecule has 4 aromatic rings. The highest BCUT2D eigenvalue weighted by Gasteiger charge is 2.61. The summed E-state index contributed by atoms with van der Waals surface area (Å²) in [4.78, 5) is 22.4. The van der Waals surface area contributed by atoms with E-state index in [0.29, 0.717) is 42.0 Å². The molecule has 15 heteroatoms. The van der Waals surface area contributed by atoms with Crippen molar-refractivity contribution in [3.8, 4) is 39.9 Å². The van der Waals surface area contributed by atoms with Crippen molar-refractivity contribution in [2.24, 2.45) is 27.6 Å². The first-order chi connectivity index (χ1) is 30.1. The average Bonchev–Trinajstić information content (AvgIpc) is 3.58. The highest BCUT2D eigenvalue weighted by atomic mass is 35.5. The molecule has 3 spiro atoms. The molecule has 4 aromatic carbocycles. The third-order valence-corrected chi connectivity index (χ3v) is 13.2. The Morgan fingerprint density at radius 3 is 1.89 bits per heavy atom. The highest BCUT2D eigenvalue weighted by molar-refractivity contribution is 6.06. The van der Waals surface area contributed by atoms with Gasteiger partial charge in [-0.05, 0) is 109 Å². The molecular formula is C48H49ClN8O6. The zero-order chi connectivity index (χ0) is 43.1. The van der Waals surface area contributed by atoms with Crippen molar-refractivity contribution in [2.75, 3.05) is 27.3 Å². The van der Waals surface area contributed by atoms with Gasteiger partial charge in [-0.15, -0.1) is 12.4 Å². The normalized spacial score (nSPS) is 29.5. The molecule has 7 atom stereocenters. The minimum Gasteiger partial charge on any atom is -0.484 e. The van der Waals surface area contributed by atoms with Crippen molar-refractivity contribution in [3.63, 3.8) is 0 Å². The number of ether oxygens (including phenoxy) is 4. The summed E-state index contributed by atoms with van der Waals surface area (Å²) in [6.07, 6.45) is 9.47. The van der Waals surface area contributed by atoms with Crippen LogP contribution in [0.25, 0.3) is 31.9 Å². The number of aliphatic imine (C=N–C) groups is 2. The Morgan fingerprint density at radius 1 is 0.825 bits per heavy atom. The van der Waals surface area contributed by atoms with E-state index < -0.39 is 16.9 Å². The van der Waals surface area contributed by atoms with Crippen molar-refractivity contribution >= 4 is 35.5 Å². The Hall–Kier alpha value is -6.02. The lowest BCUT2D eigenvalue weighted by Gasteiger charge is -2.55. The van der Waals surface area contributed by atoms with Crippen LogP contribution in [0.15, 0.2) is 94.9 Å². The van der Waals surface area contributed by atoms with Crippen LogP contribution in [-0.4, -0.2) is 72.7 Å². The molecule has 7 heterocycles. The van der Waals surface area contributed by atoms with Crippen LogP contribution in [0.3, 0.4) is 0 Å². The van der Waals surface area contributed by atoms with Gasteiger partial charge in [0.15, 0.2) is 11.4 Å². The van der Waals surface area contributed by atoms with E-state index in [1.54, 1.807) is 24.7 Å². The fourth-order valence-electron chi connectivity index (χ4n) is 10.5. The molecule has 9 aliphatic rings. The first-order valence-corrected chi connectivity index (χ1v) is 21.0. The lowest BCUT2D eigenvalue weighted by Crippen LogP contribution is -2.62. The minimum atomic E-state index is -0.944. The second-order valence-corrected chi connectivity index (χ2v) is 17.1. The zero-order valence-electron chi connectivity index (χ0n) is 35.1. The molecular weight excluding hydrogens is 820 g/mol. The number of hydrogen-bond acceptors (Lipinski definition) is 12. The van der Waals surface area contributed by atoms with E-state index >= 15 is 0 Å². The zero-order valence-corrected chi connectivity index (χ0v) is 35.9. The molecule has 2 saturated carbocycles. The maximum absolute atomic E-state index is 9.27. The summed E-state index contributed by atoms with van der Waals surface area (Å²) in [6, 6.07) is 27.2. The van der Waals surface area contributed by atoms with Gasteiger partial charge in [-0.25, -0.2) is 30.1 Å². The van der Waals surface area contributed by atoms with Gasteiger partial charge in [-0.1, -0.05) is 48.5 Å². The molecule has 4 bridgehead atoms. The SMILES string of the molecule is CNO.Cl.[C-]#[N+]c1cccc(-c2ccc3c(c2)C(=NC#N)CC2(CC4CCC2OC4)O3)c1.[C-]#[N+]c1cccc(-c2ccc3c(c2)C2(CC4(CC5CCC4OC5)O3)N=C(N)N(C)O2)c1. The van der Waals surface area contributed by atoms with Crippen LogP contribution in [0, 0.1) is 36.4 Å². The summed E-state index contributed by atoms with van der Waals surface area (Å²) in [5.41, 5.74) is 13.7. The van der Waals surface area contributed by atoms with Gasteiger partial charge in [0.25, 0.3) is 0 Å². The smallest absolute Gasteiger partial charge is 0.222 e. The van der Waals surface area contributed by atoms with E-state index in [1.807, 2.05) is 72.9 Å². The number of nitrogens with zero attached hydrogens (tertiary/aromatic N) is 6. The number of nitrogens with two attached hydrogens (primary N) is 1. The Morgan fingerprint density at radius 2 is 1.38 bits per heavy atom. The predicted molar refractivity (Wildman–Crippen MR) is 239 cm³/mol. The molecule has 7 aliphatic heterocycles. The predicted octanol–water partition coefficient (Wildman–Crippen LogP) is 8.88. The second-order valence-electron chi connectivity index (χ2n) is 17.1. The standard InChI is InChI=1S/C24H24N4O3.C23H19N3O2.CH5NO.ClH/c1-26-18-5-3-4-16(10-18)17-7-8-20-19(11-17)24(27-22(25)28(2)31-24)14-23(30-20)12-15-6-9-21(23)29-13-15;1-25-18-4-2-3-16(9-18)17-6-7-21-19(10-17)20(26-14-24)12-23(28-21)11-15-5-8-22(23)27-13-15;1-2-3;/h3-5,7-8,10-11,15,21H,6,9,12-14H2,2H3,(H2,25,27);2-4,6-7,9-10,15,22H,5,8,11-13H2;2-3H,1H3;1H. The van der Waals surface area contributed by atoms with Gasteiger partial charge in [0.2, 0.25) is 17.9 Å². The first-order valence-electron chi connectivity index (χ1n) is 21.0. The lowest BCUT2D eigenvalue weighted by atomic mass is 9.68. The van der Waals surface area contributed by atoms with Crippen LogP contribution in [0.5, 0.6) is 11.5 Å². The van der Waals surface area contributed by atoms with Crippen molar-refractivity contribution in [1.82, 2.24) is 10.5 Å². The quantitative estimate of drug-likeness (QED) is 0.101. The number of nitriles is 1.